The largest absolute Gasteiger partial charge is 0.457 e. The highest BCUT2D eigenvalue weighted by Crippen LogP contribution is 2.14. The van der Waals surface area contributed by atoms with Crippen molar-refractivity contribution in [1.29, 1.82) is 0 Å². The van der Waals surface area contributed by atoms with Crippen LogP contribution in [0, 0.1) is 10.1 Å². The first-order valence-electron chi connectivity index (χ1n) is 6.33. The van der Waals surface area contributed by atoms with Crippen LogP contribution in [0.5, 0.6) is 0 Å². The fourth-order valence-corrected chi connectivity index (χ4v) is 1.67. The van der Waals surface area contributed by atoms with Gasteiger partial charge in [0.2, 0.25) is 0 Å². The monoisotopic (exact) mass is 266 g/mol. The molecular weight excluding hydrogens is 248 g/mol. The molecule has 6 nitrogen and oxygen atoms in total. The molecule has 0 aromatic heterocycles. The van der Waals surface area contributed by atoms with Crippen molar-refractivity contribution in [2.45, 2.75) is 26.4 Å². The van der Waals surface area contributed by atoms with Crippen molar-refractivity contribution in [2.24, 2.45) is 0 Å². The summed E-state index contributed by atoms with van der Waals surface area (Å²) in [6, 6.07) is 5.40. The van der Waals surface area contributed by atoms with Crippen molar-refractivity contribution >= 4 is 11.7 Å². The van der Waals surface area contributed by atoms with Crippen molar-refractivity contribution in [2.75, 3.05) is 13.1 Å². The Morgan fingerprint density at radius 3 is 2.47 bits per heavy atom. The third kappa shape index (κ3) is 4.33. The third-order valence-corrected chi connectivity index (χ3v) is 2.60. The SMILES string of the molecule is CC.O=C(OC1CCNC1)c1ccc([N+](=O)[O-])cc1. The van der Waals surface area contributed by atoms with E-state index in [1.165, 1.54) is 24.3 Å². The minimum atomic E-state index is -0.504. The number of benzene rings is 1. The summed E-state index contributed by atoms with van der Waals surface area (Å²) in [5.74, 6) is -0.436. The van der Waals surface area contributed by atoms with E-state index in [0.29, 0.717) is 12.1 Å². The van der Waals surface area contributed by atoms with Crippen LogP contribution < -0.4 is 5.32 Å². The Labute approximate surface area is 111 Å². The number of hydrogen-bond donors (Lipinski definition) is 1. The number of nitro groups is 1. The minimum Gasteiger partial charge on any atom is -0.457 e. The molecule has 0 saturated carbocycles. The predicted molar refractivity (Wildman–Crippen MR) is 71.1 cm³/mol. The lowest BCUT2D eigenvalue weighted by molar-refractivity contribution is -0.384. The average molecular weight is 266 g/mol. The molecule has 0 bridgehead atoms. The second-order valence-electron chi connectivity index (χ2n) is 3.82. The molecule has 1 aliphatic rings. The summed E-state index contributed by atoms with van der Waals surface area (Å²) >= 11 is 0. The highest BCUT2D eigenvalue weighted by Gasteiger charge is 2.20. The molecule has 0 radical (unpaired) electrons. The van der Waals surface area contributed by atoms with Gasteiger partial charge in [0.25, 0.3) is 5.69 Å². The van der Waals surface area contributed by atoms with E-state index in [2.05, 4.69) is 5.32 Å². The quantitative estimate of drug-likeness (QED) is 0.515. The Morgan fingerprint density at radius 1 is 1.37 bits per heavy atom. The molecular formula is C13H18N2O4. The number of nitrogens with one attached hydrogen (secondary N) is 1. The predicted octanol–water partition coefficient (Wildman–Crippen LogP) is 2.14. The Kier molecular flexibility index (Phi) is 5.95. The first-order valence-corrected chi connectivity index (χ1v) is 6.33. The molecule has 1 fully saturated rings. The van der Waals surface area contributed by atoms with Crippen LogP contribution >= 0.6 is 0 Å². The number of esters is 1. The summed E-state index contributed by atoms with van der Waals surface area (Å²) in [6.45, 7) is 5.51. The van der Waals surface area contributed by atoms with Gasteiger partial charge in [-0.2, -0.15) is 0 Å². The number of rotatable bonds is 3. The molecule has 0 aliphatic carbocycles. The van der Waals surface area contributed by atoms with Gasteiger partial charge in [-0.1, -0.05) is 13.8 Å². The van der Waals surface area contributed by atoms with Gasteiger partial charge < -0.3 is 10.1 Å². The molecule has 0 spiro atoms. The summed E-state index contributed by atoms with van der Waals surface area (Å²) in [7, 11) is 0. The number of carbonyl (C=O) groups is 1. The second kappa shape index (κ2) is 7.48. The summed E-state index contributed by atoms with van der Waals surface area (Å²) in [5.41, 5.74) is 0.298. The zero-order chi connectivity index (χ0) is 14.3. The van der Waals surface area contributed by atoms with Crippen LogP contribution in [0.4, 0.5) is 5.69 Å². The van der Waals surface area contributed by atoms with Crippen LogP contribution in [0.1, 0.15) is 30.6 Å². The molecule has 1 N–H and O–H groups in total. The Morgan fingerprint density at radius 2 is 2.00 bits per heavy atom. The van der Waals surface area contributed by atoms with Gasteiger partial charge in [0, 0.05) is 18.7 Å². The van der Waals surface area contributed by atoms with Crippen LogP contribution in [0.2, 0.25) is 0 Å². The maximum atomic E-state index is 11.7. The van der Waals surface area contributed by atoms with Crippen molar-refractivity contribution in [3.8, 4) is 0 Å². The van der Waals surface area contributed by atoms with Gasteiger partial charge in [-0.05, 0) is 25.1 Å². The Balaban J connectivity index is 0.000000861. The summed E-state index contributed by atoms with van der Waals surface area (Å²) < 4.78 is 5.23. The van der Waals surface area contributed by atoms with Gasteiger partial charge >= 0.3 is 5.97 Å². The zero-order valence-corrected chi connectivity index (χ0v) is 11.1. The van der Waals surface area contributed by atoms with E-state index in [-0.39, 0.29) is 11.8 Å². The van der Waals surface area contributed by atoms with E-state index in [1.807, 2.05) is 13.8 Å². The molecule has 1 saturated heterocycles. The lowest BCUT2D eigenvalue weighted by atomic mass is 10.2. The fraction of sp³-hybridized carbons (Fsp3) is 0.462. The highest BCUT2D eigenvalue weighted by molar-refractivity contribution is 5.89. The first-order chi connectivity index (χ1) is 9.16. The van der Waals surface area contributed by atoms with E-state index < -0.39 is 10.9 Å². The van der Waals surface area contributed by atoms with Gasteiger partial charge in [0.1, 0.15) is 6.10 Å². The van der Waals surface area contributed by atoms with E-state index in [4.69, 9.17) is 4.74 Å². The molecule has 0 amide bonds. The molecule has 2 rings (SSSR count). The number of non-ortho nitro benzene ring substituents is 1. The number of carbonyl (C=O) groups excluding carboxylic acids is 1. The van der Waals surface area contributed by atoms with Gasteiger partial charge in [-0.25, -0.2) is 4.79 Å². The average Bonchev–Trinajstić information content (AvgIpc) is 2.94. The van der Waals surface area contributed by atoms with Crippen LogP contribution in [-0.4, -0.2) is 30.1 Å². The normalized spacial score (nSPS) is 17.3. The van der Waals surface area contributed by atoms with Crippen molar-refractivity contribution < 1.29 is 14.5 Å². The van der Waals surface area contributed by atoms with E-state index in [0.717, 1.165) is 13.0 Å². The van der Waals surface area contributed by atoms with Crippen molar-refractivity contribution in [3.05, 3.63) is 39.9 Å². The molecule has 1 aromatic carbocycles. The number of ether oxygens (including phenoxy) is 1. The van der Waals surface area contributed by atoms with Gasteiger partial charge in [0.05, 0.1) is 10.5 Å². The number of nitro benzene ring substituents is 1. The van der Waals surface area contributed by atoms with E-state index >= 15 is 0 Å². The maximum absolute atomic E-state index is 11.7. The molecule has 1 atom stereocenters. The molecule has 6 heteroatoms. The smallest absolute Gasteiger partial charge is 0.338 e. The molecule has 1 aromatic rings. The fourth-order valence-electron chi connectivity index (χ4n) is 1.67. The Bertz CT molecular complexity index is 425. The highest BCUT2D eigenvalue weighted by atomic mass is 16.6. The lowest BCUT2D eigenvalue weighted by Gasteiger charge is -2.10. The topological polar surface area (TPSA) is 81.5 Å². The summed E-state index contributed by atoms with van der Waals surface area (Å²) in [5, 5.41) is 13.5. The maximum Gasteiger partial charge on any atom is 0.338 e. The van der Waals surface area contributed by atoms with Crippen molar-refractivity contribution in [1.82, 2.24) is 5.32 Å². The standard InChI is InChI=1S/C11H12N2O4.C2H6/c14-11(17-10-5-6-12-7-10)8-1-3-9(4-2-8)13(15)16;1-2/h1-4,10,12H,5-7H2;1-2H3. The van der Waals surface area contributed by atoms with Crippen LogP contribution in [0.25, 0.3) is 0 Å². The van der Waals surface area contributed by atoms with E-state index in [9.17, 15) is 14.9 Å². The van der Waals surface area contributed by atoms with Crippen molar-refractivity contribution in [3.63, 3.8) is 0 Å². The van der Waals surface area contributed by atoms with Crippen LogP contribution in [0.15, 0.2) is 24.3 Å². The molecule has 104 valence electrons. The minimum absolute atomic E-state index is 0.0379. The molecule has 1 unspecified atom stereocenters. The molecule has 19 heavy (non-hydrogen) atoms. The number of nitrogens with zero attached hydrogens (tertiary/aromatic N) is 1. The Hall–Kier alpha value is -1.95. The van der Waals surface area contributed by atoms with E-state index in [1.54, 1.807) is 0 Å². The van der Waals surface area contributed by atoms with Crippen LogP contribution in [-0.2, 0) is 4.74 Å². The second-order valence-corrected chi connectivity index (χ2v) is 3.82. The van der Waals surface area contributed by atoms with Gasteiger partial charge in [-0.15, -0.1) is 0 Å². The van der Waals surface area contributed by atoms with Crippen LogP contribution in [0.3, 0.4) is 0 Å². The first kappa shape index (κ1) is 15.1. The van der Waals surface area contributed by atoms with Gasteiger partial charge in [-0.3, -0.25) is 10.1 Å². The molecule has 1 heterocycles. The summed E-state index contributed by atoms with van der Waals surface area (Å²) in [6.07, 6.45) is 0.705. The zero-order valence-electron chi connectivity index (χ0n) is 11.1. The lowest BCUT2D eigenvalue weighted by Crippen LogP contribution is -2.20. The summed E-state index contributed by atoms with van der Waals surface area (Å²) in [4.78, 5) is 21.6. The number of hydrogen-bond acceptors (Lipinski definition) is 5. The van der Waals surface area contributed by atoms with Gasteiger partial charge in [0.15, 0.2) is 0 Å². The molecule has 1 aliphatic heterocycles. The third-order valence-electron chi connectivity index (χ3n) is 2.60.